The van der Waals surface area contributed by atoms with Crippen molar-refractivity contribution in [1.82, 2.24) is 19.7 Å². The van der Waals surface area contributed by atoms with E-state index >= 15 is 0 Å². The van der Waals surface area contributed by atoms with Crippen LogP contribution in [-0.4, -0.2) is 19.7 Å². The van der Waals surface area contributed by atoms with Gasteiger partial charge in [0.15, 0.2) is 0 Å². The van der Waals surface area contributed by atoms with Crippen LogP contribution in [0, 0.1) is 0 Å². The molecule has 3 heterocycles. The van der Waals surface area contributed by atoms with Crippen LogP contribution in [0.2, 0.25) is 0 Å². The van der Waals surface area contributed by atoms with Gasteiger partial charge in [0, 0.05) is 30.5 Å². The van der Waals surface area contributed by atoms with Gasteiger partial charge in [-0.1, -0.05) is 6.07 Å². The van der Waals surface area contributed by atoms with E-state index in [1.54, 1.807) is 17.5 Å². The fourth-order valence-corrected chi connectivity index (χ4v) is 2.64. The second kappa shape index (κ2) is 4.66. The molecule has 0 aliphatic carbocycles. The molecule has 0 saturated heterocycles. The van der Waals surface area contributed by atoms with E-state index < -0.39 is 0 Å². The quantitative estimate of drug-likeness (QED) is 0.756. The van der Waals surface area contributed by atoms with E-state index in [0.29, 0.717) is 0 Å². The standard InChI is InChI=1S/C12H13N5S/c1-17-5-4-13-12(17)11(10-3-2-6-18-10)16-9-7-14-15-8-9/h2-8,11,16H,1H3,(H,14,15). The van der Waals surface area contributed by atoms with Crippen LogP contribution in [0.1, 0.15) is 16.7 Å². The summed E-state index contributed by atoms with van der Waals surface area (Å²) in [6.45, 7) is 0. The highest BCUT2D eigenvalue weighted by Crippen LogP contribution is 2.28. The number of anilines is 1. The summed E-state index contributed by atoms with van der Waals surface area (Å²) in [6.07, 6.45) is 7.37. The first-order valence-electron chi connectivity index (χ1n) is 5.60. The van der Waals surface area contributed by atoms with E-state index in [2.05, 4.69) is 31.9 Å². The van der Waals surface area contributed by atoms with E-state index in [4.69, 9.17) is 0 Å². The first kappa shape index (κ1) is 11.0. The van der Waals surface area contributed by atoms with Gasteiger partial charge in [0.25, 0.3) is 0 Å². The number of nitrogens with one attached hydrogen (secondary N) is 2. The first-order valence-corrected chi connectivity index (χ1v) is 6.48. The van der Waals surface area contributed by atoms with Gasteiger partial charge in [0.05, 0.1) is 11.9 Å². The van der Waals surface area contributed by atoms with E-state index in [1.807, 2.05) is 36.3 Å². The Morgan fingerprint density at radius 1 is 1.50 bits per heavy atom. The molecule has 5 nitrogen and oxygen atoms in total. The molecule has 0 aliphatic heterocycles. The van der Waals surface area contributed by atoms with Gasteiger partial charge in [-0.25, -0.2) is 4.98 Å². The van der Waals surface area contributed by atoms with Crippen molar-refractivity contribution in [3.05, 3.63) is 53.0 Å². The van der Waals surface area contributed by atoms with Crippen LogP contribution in [0.5, 0.6) is 0 Å². The Labute approximate surface area is 109 Å². The Hall–Kier alpha value is -2.08. The number of aromatic amines is 1. The van der Waals surface area contributed by atoms with Crippen LogP contribution in [0.4, 0.5) is 5.69 Å². The minimum atomic E-state index is 0.0441. The van der Waals surface area contributed by atoms with E-state index in [9.17, 15) is 0 Å². The van der Waals surface area contributed by atoms with Crippen molar-refractivity contribution in [2.45, 2.75) is 6.04 Å². The summed E-state index contributed by atoms with van der Waals surface area (Å²) in [7, 11) is 2.00. The normalized spacial score (nSPS) is 12.5. The zero-order valence-corrected chi connectivity index (χ0v) is 10.7. The lowest BCUT2D eigenvalue weighted by Gasteiger charge is -2.17. The van der Waals surface area contributed by atoms with E-state index in [-0.39, 0.29) is 6.04 Å². The molecule has 0 aromatic carbocycles. The van der Waals surface area contributed by atoms with Gasteiger partial charge in [-0.15, -0.1) is 11.3 Å². The summed E-state index contributed by atoms with van der Waals surface area (Å²) in [5.41, 5.74) is 0.955. The summed E-state index contributed by atoms with van der Waals surface area (Å²) in [4.78, 5) is 5.66. The van der Waals surface area contributed by atoms with Crippen LogP contribution in [0.25, 0.3) is 0 Å². The van der Waals surface area contributed by atoms with Gasteiger partial charge in [-0.2, -0.15) is 5.10 Å². The lowest BCUT2D eigenvalue weighted by Crippen LogP contribution is -2.15. The van der Waals surface area contributed by atoms with E-state index in [0.717, 1.165) is 11.5 Å². The summed E-state index contributed by atoms with van der Waals surface area (Å²) in [6, 6.07) is 4.20. The van der Waals surface area contributed by atoms with Gasteiger partial charge < -0.3 is 9.88 Å². The number of nitrogens with zero attached hydrogens (tertiary/aromatic N) is 3. The molecule has 0 aliphatic rings. The third-order valence-corrected chi connectivity index (χ3v) is 3.69. The maximum atomic E-state index is 4.43. The highest BCUT2D eigenvalue weighted by Gasteiger charge is 2.19. The number of aryl methyl sites for hydroxylation is 1. The molecule has 0 amide bonds. The average Bonchev–Trinajstić information content (AvgIpc) is 3.09. The molecule has 0 spiro atoms. The van der Waals surface area contributed by atoms with Gasteiger partial charge in [0.2, 0.25) is 0 Å². The summed E-state index contributed by atoms with van der Waals surface area (Å²) in [5.74, 6) is 0.985. The second-order valence-corrected chi connectivity index (χ2v) is 4.96. The van der Waals surface area contributed by atoms with Crippen molar-refractivity contribution in [2.75, 3.05) is 5.32 Å². The molecule has 2 N–H and O–H groups in total. The van der Waals surface area contributed by atoms with Crippen LogP contribution >= 0.6 is 11.3 Å². The molecule has 0 bridgehead atoms. The van der Waals surface area contributed by atoms with Crippen molar-refractivity contribution in [1.29, 1.82) is 0 Å². The van der Waals surface area contributed by atoms with Crippen molar-refractivity contribution in [3.63, 3.8) is 0 Å². The van der Waals surface area contributed by atoms with Crippen LogP contribution in [0.15, 0.2) is 42.3 Å². The number of rotatable bonds is 4. The monoisotopic (exact) mass is 259 g/mol. The lowest BCUT2D eigenvalue weighted by atomic mass is 10.2. The topological polar surface area (TPSA) is 58.5 Å². The number of imidazole rings is 1. The molecule has 92 valence electrons. The highest BCUT2D eigenvalue weighted by atomic mass is 32.1. The summed E-state index contributed by atoms with van der Waals surface area (Å²) >= 11 is 1.71. The zero-order valence-electron chi connectivity index (χ0n) is 9.87. The van der Waals surface area contributed by atoms with Crippen molar-refractivity contribution in [3.8, 4) is 0 Å². The highest BCUT2D eigenvalue weighted by molar-refractivity contribution is 7.10. The predicted octanol–water partition coefficient (Wildman–Crippen LogP) is 2.41. The molecule has 0 fully saturated rings. The second-order valence-electron chi connectivity index (χ2n) is 3.98. The number of hydrogen-bond donors (Lipinski definition) is 2. The number of H-pyrrole nitrogens is 1. The Morgan fingerprint density at radius 3 is 3.06 bits per heavy atom. The number of thiophene rings is 1. The fraction of sp³-hybridized carbons (Fsp3) is 0.167. The Morgan fingerprint density at radius 2 is 2.44 bits per heavy atom. The lowest BCUT2D eigenvalue weighted by molar-refractivity contribution is 0.756. The van der Waals surface area contributed by atoms with Crippen molar-refractivity contribution in [2.24, 2.45) is 7.05 Å². The molecule has 1 atom stereocenters. The Bertz CT molecular complexity index is 596. The molecule has 0 radical (unpaired) electrons. The van der Waals surface area contributed by atoms with Crippen LogP contribution in [-0.2, 0) is 7.05 Å². The number of hydrogen-bond acceptors (Lipinski definition) is 4. The molecule has 18 heavy (non-hydrogen) atoms. The molecule has 0 saturated carbocycles. The van der Waals surface area contributed by atoms with Gasteiger partial charge in [0.1, 0.15) is 11.9 Å². The Kier molecular flexibility index (Phi) is 2.85. The SMILES string of the molecule is Cn1ccnc1C(Nc1cn[nH]c1)c1cccs1. The molecule has 6 heteroatoms. The Balaban J connectivity index is 1.97. The van der Waals surface area contributed by atoms with Crippen molar-refractivity contribution >= 4 is 17.0 Å². The maximum absolute atomic E-state index is 4.43. The largest absolute Gasteiger partial charge is 0.368 e. The molecule has 3 aromatic rings. The molecule has 3 rings (SSSR count). The molecular weight excluding hydrogens is 246 g/mol. The molecule has 3 aromatic heterocycles. The predicted molar refractivity (Wildman–Crippen MR) is 71.6 cm³/mol. The van der Waals surface area contributed by atoms with Crippen LogP contribution < -0.4 is 5.32 Å². The third kappa shape index (κ3) is 2.02. The van der Waals surface area contributed by atoms with Gasteiger partial charge >= 0.3 is 0 Å². The molecular formula is C12H13N5S. The third-order valence-electron chi connectivity index (χ3n) is 2.75. The first-order chi connectivity index (χ1) is 8.84. The van der Waals surface area contributed by atoms with Crippen molar-refractivity contribution < 1.29 is 0 Å². The average molecular weight is 259 g/mol. The van der Waals surface area contributed by atoms with E-state index in [1.165, 1.54) is 4.88 Å². The molecule has 1 unspecified atom stereocenters. The zero-order chi connectivity index (χ0) is 12.4. The van der Waals surface area contributed by atoms with Gasteiger partial charge in [-0.05, 0) is 11.4 Å². The van der Waals surface area contributed by atoms with Gasteiger partial charge in [-0.3, -0.25) is 5.10 Å². The minimum Gasteiger partial charge on any atom is -0.368 e. The maximum Gasteiger partial charge on any atom is 0.136 e. The number of aromatic nitrogens is 4. The summed E-state index contributed by atoms with van der Waals surface area (Å²) < 4.78 is 2.03. The summed E-state index contributed by atoms with van der Waals surface area (Å²) in [5, 5.41) is 12.3. The van der Waals surface area contributed by atoms with Crippen LogP contribution in [0.3, 0.4) is 0 Å². The smallest absolute Gasteiger partial charge is 0.136 e. The minimum absolute atomic E-state index is 0.0441. The fourth-order valence-electron chi connectivity index (χ4n) is 1.87.